The molecule has 0 atom stereocenters. The number of nitrogens with zero attached hydrogens (tertiary/aromatic N) is 1. The predicted octanol–water partition coefficient (Wildman–Crippen LogP) is 2.55. The van der Waals surface area contributed by atoms with Crippen LogP contribution in [0.4, 0.5) is 0 Å². The number of carbonyl (C=O) groups excluding carboxylic acids is 1. The van der Waals surface area contributed by atoms with E-state index in [1.54, 1.807) is 7.11 Å². The Bertz CT molecular complexity index is 747. The number of rotatable bonds is 8. The van der Waals surface area contributed by atoms with Crippen LogP contribution in [0.25, 0.3) is 0 Å². The third-order valence-corrected chi connectivity index (χ3v) is 3.62. The molecule has 0 bridgehead atoms. The second-order valence-corrected chi connectivity index (χ2v) is 5.39. The third-order valence-electron chi connectivity index (χ3n) is 3.62. The summed E-state index contributed by atoms with van der Waals surface area (Å²) in [4.78, 5) is 12.0. The largest absolute Gasteiger partial charge is 0.497 e. The molecule has 0 heterocycles. The lowest BCUT2D eigenvalue weighted by Gasteiger charge is -2.06. The summed E-state index contributed by atoms with van der Waals surface area (Å²) in [5, 5.41) is 14.9. The van der Waals surface area contributed by atoms with Gasteiger partial charge in [0.1, 0.15) is 17.4 Å². The molecule has 0 aliphatic carbocycles. The van der Waals surface area contributed by atoms with Crippen molar-refractivity contribution in [3.63, 3.8) is 0 Å². The Morgan fingerprint density at radius 2 is 1.84 bits per heavy atom. The summed E-state index contributed by atoms with van der Waals surface area (Å²) in [6.45, 7) is 1.02. The van der Waals surface area contributed by atoms with E-state index in [-0.39, 0.29) is 11.5 Å². The molecule has 0 aromatic heterocycles. The zero-order valence-electron chi connectivity index (χ0n) is 14.2. The first-order valence-corrected chi connectivity index (χ1v) is 8.01. The lowest BCUT2D eigenvalue weighted by atomic mass is 10.1. The molecule has 0 radical (unpaired) electrons. The van der Waals surface area contributed by atoms with E-state index in [1.807, 2.05) is 60.7 Å². The highest BCUT2D eigenvalue weighted by molar-refractivity contribution is 5.97. The van der Waals surface area contributed by atoms with E-state index in [1.165, 1.54) is 6.20 Å². The normalized spacial score (nSPS) is 10.6. The predicted molar refractivity (Wildman–Crippen MR) is 96.7 cm³/mol. The number of amides is 1. The highest BCUT2D eigenvalue weighted by Gasteiger charge is 2.07. The number of nitrogens with one attached hydrogen (secondary N) is 2. The van der Waals surface area contributed by atoms with E-state index in [0.29, 0.717) is 13.1 Å². The molecule has 2 N–H and O–H groups in total. The molecule has 25 heavy (non-hydrogen) atoms. The van der Waals surface area contributed by atoms with Gasteiger partial charge in [-0.3, -0.25) is 4.79 Å². The van der Waals surface area contributed by atoms with Crippen LogP contribution in [0.5, 0.6) is 5.75 Å². The fourth-order valence-corrected chi connectivity index (χ4v) is 2.20. The van der Waals surface area contributed by atoms with Gasteiger partial charge in [-0.2, -0.15) is 5.26 Å². The first-order valence-electron chi connectivity index (χ1n) is 8.01. The third kappa shape index (κ3) is 6.04. The molecule has 0 saturated heterocycles. The first kappa shape index (κ1) is 18.1. The van der Waals surface area contributed by atoms with Gasteiger partial charge in [0, 0.05) is 19.3 Å². The van der Waals surface area contributed by atoms with E-state index >= 15 is 0 Å². The average Bonchev–Trinajstić information content (AvgIpc) is 2.67. The van der Waals surface area contributed by atoms with Gasteiger partial charge in [0.25, 0.3) is 5.91 Å². The van der Waals surface area contributed by atoms with Crippen LogP contribution in [-0.4, -0.2) is 19.6 Å². The number of nitriles is 1. The fourth-order valence-electron chi connectivity index (χ4n) is 2.20. The van der Waals surface area contributed by atoms with Crippen molar-refractivity contribution in [2.24, 2.45) is 0 Å². The van der Waals surface area contributed by atoms with Crippen molar-refractivity contribution in [3.8, 4) is 11.8 Å². The van der Waals surface area contributed by atoms with E-state index in [4.69, 9.17) is 10.00 Å². The minimum absolute atomic E-state index is 0.0608. The smallest absolute Gasteiger partial charge is 0.263 e. The summed E-state index contributed by atoms with van der Waals surface area (Å²) >= 11 is 0. The van der Waals surface area contributed by atoms with Crippen molar-refractivity contribution in [1.29, 1.82) is 5.26 Å². The molecule has 128 valence electrons. The minimum Gasteiger partial charge on any atom is -0.497 e. The Balaban J connectivity index is 1.78. The zero-order valence-corrected chi connectivity index (χ0v) is 14.2. The van der Waals surface area contributed by atoms with Gasteiger partial charge in [-0.25, -0.2) is 0 Å². The highest BCUT2D eigenvalue weighted by atomic mass is 16.5. The van der Waals surface area contributed by atoms with Crippen LogP contribution in [-0.2, 0) is 17.8 Å². The van der Waals surface area contributed by atoms with Crippen molar-refractivity contribution in [2.75, 3.05) is 13.7 Å². The molecule has 5 nitrogen and oxygen atoms in total. The van der Waals surface area contributed by atoms with E-state index in [0.717, 1.165) is 23.3 Å². The Labute approximate surface area is 147 Å². The van der Waals surface area contributed by atoms with E-state index in [9.17, 15) is 4.79 Å². The number of methoxy groups -OCH3 is 1. The van der Waals surface area contributed by atoms with Gasteiger partial charge in [0.2, 0.25) is 0 Å². The number of hydrogen-bond acceptors (Lipinski definition) is 4. The van der Waals surface area contributed by atoms with Gasteiger partial charge in [-0.05, 0) is 29.7 Å². The van der Waals surface area contributed by atoms with Gasteiger partial charge in [-0.1, -0.05) is 42.5 Å². The lowest BCUT2D eigenvalue weighted by Crippen LogP contribution is -2.25. The molecule has 2 aromatic rings. The molecule has 1 amide bonds. The van der Waals surface area contributed by atoms with Gasteiger partial charge in [-0.15, -0.1) is 0 Å². The van der Waals surface area contributed by atoms with Crippen molar-refractivity contribution in [1.82, 2.24) is 10.6 Å². The first-order chi connectivity index (χ1) is 12.2. The molecule has 2 aromatic carbocycles. The summed E-state index contributed by atoms with van der Waals surface area (Å²) in [6, 6.07) is 19.3. The molecule has 0 aliphatic rings. The molecule has 0 fully saturated rings. The van der Waals surface area contributed by atoms with Gasteiger partial charge in [0.15, 0.2) is 0 Å². The van der Waals surface area contributed by atoms with Gasteiger partial charge < -0.3 is 15.4 Å². The summed E-state index contributed by atoms with van der Waals surface area (Å²) in [5.41, 5.74) is 2.19. The molecular weight excluding hydrogens is 314 g/mol. The van der Waals surface area contributed by atoms with Crippen LogP contribution < -0.4 is 15.4 Å². The van der Waals surface area contributed by atoms with Crippen LogP contribution in [0.15, 0.2) is 66.4 Å². The maximum absolute atomic E-state index is 12.0. The van der Waals surface area contributed by atoms with Gasteiger partial charge in [0.05, 0.1) is 7.11 Å². The monoisotopic (exact) mass is 335 g/mol. The second kappa shape index (κ2) is 9.78. The summed E-state index contributed by atoms with van der Waals surface area (Å²) in [7, 11) is 1.63. The molecule has 5 heteroatoms. The average molecular weight is 335 g/mol. The second-order valence-electron chi connectivity index (χ2n) is 5.39. The molecule has 0 saturated carbocycles. The number of carbonyl (C=O) groups is 1. The maximum Gasteiger partial charge on any atom is 0.263 e. The fraction of sp³-hybridized carbons (Fsp3) is 0.200. The Hall–Kier alpha value is -3.26. The van der Waals surface area contributed by atoms with Crippen LogP contribution in [0.1, 0.15) is 11.1 Å². The Kier molecular flexibility index (Phi) is 7.08. The number of ether oxygens (including phenoxy) is 1. The summed E-state index contributed by atoms with van der Waals surface area (Å²) < 4.78 is 5.12. The molecule has 0 aliphatic heterocycles. The maximum atomic E-state index is 12.0. The van der Waals surface area contributed by atoms with E-state index < -0.39 is 0 Å². The zero-order chi connectivity index (χ0) is 17.9. The quantitative estimate of drug-likeness (QED) is 0.442. The van der Waals surface area contributed by atoms with Crippen molar-refractivity contribution in [2.45, 2.75) is 13.0 Å². The highest BCUT2D eigenvalue weighted by Crippen LogP contribution is 2.11. The van der Waals surface area contributed by atoms with Crippen molar-refractivity contribution >= 4 is 5.91 Å². The summed E-state index contributed by atoms with van der Waals surface area (Å²) in [5.74, 6) is 0.432. The van der Waals surface area contributed by atoms with Crippen LogP contribution in [0.3, 0.4) is 0 Å². The molecule has 2 rings (SSSR count). The molecule has 0 spiro atoms. The molecule has 0 unspecified atom stereocenters. The minimum atomic E-state index is -0.386. The van der Waals surface area contributed by atoms with Crippen LogP contribution in [0, 0.1) is 11.3 Å². The van der Waals surface area contributed by atoms with Crippen molar-refractivity contribution < 1.29 is 9.53 Å². The molecular formula is C20H21N3O2. The number of hydrogen-bond donors (Lipinski definition) is 2. The summed E-state index contributed by atoms with van der Waals surface area (Å²) in [6.07, 6.45) is 2.24. The van der Waals surface area contributed by atoms with Crippen LogP contribution in [0.2, 0.25) is 0 Å². The van der Waals surface area contributed by atoms with Crippen LogP contribution >= 0.6 is 0 Å². The van der Waals surface area contributed by atoms with Gasteiger partial charge >= 0.3 is 0 Å². The standard InChI is InChI=1S/C20H21N3O2/c1-25-19-9-7-16(8-10-19)11-12-22-15-18(13-21)20(24)23-14-17-5-3-2-4-6-17/h2-10,15,22H,11-12,14H2,1H3,(H,23,24)/b18-15-. The topological polar surface area (TPSA) is 74.1 Å². The lowest BCUT2D eigenvalue weighted by molar-refractivity contribution is -0.117. The SMILES string of the molecule is COc1ccc(CCN/C=C(/C#N)C(=O)NCc2ccccc2)cc1. The Morgan fingerprint density at radius 3 is 2.48 bits per heavy atom. The van der Waals surface area contributed by atoms with E-state index in [2.05, 4.69) is 10.6 Å². The van der Waals surface area contributed by atoms with Crippen molar-refractivity contribution in [3.05, 3.63) is 77.5 Å². The Morgan fingerprint density at radius 1 is 1.12 bits per heavy atom. The number of benzene rings is 2.